The second kappa shape index (κ2) is 21.1. The minimum Gasteiger partial charge on any atom is -0.144 e. The molecule has 81 heavy (non-hydrogen) atoms. The Balaban J connectivity index is 1.02. The lowest BCUT2D eigenvalue weighted by Gasteiger charge is -2.22. The lowest BCUT2D eigenvalue weighted by molar-refractivity contribution is 0.807. The molecule has 0 radical (unpaired) electrons. The molecule has 0 aliphatic carbocycles. The molecule has 0 nitrogen and oxygen atoms in total. The van der Waals surface area contributed by atoms with E-state index < -0.39 is 0 Å². The molecule has 0 saturated heterocycles. The average Bonchev–Trinajstić information content (AvgIpc) is 2.38. The minimum absolute atomic E-state index is 0.0473. The fraction of sp³-hybridized carbons (Fsp3) is 0.0278. The van der Waals surface area contributed by atoms with Crippen molar-refractivity contribution in [2.75, 3.05) is 0 Å². The second-order valence-corrected chi connectivity index (χ2v) is 29.1. The SMILES string of the molecule is c1csc(-c2ccc(-c3sc4c(c5c(c6sc(-c7ccc(-c8cccs8)cc7)c(-c7ccc(-c8cccs8)cc7)c64)C(c4ccc(-c6cccs6)cc4)C(c4ccc(-c6cccs6)cc4)S5)c3-c3ccc(-c4cccs4)cc3)cc2)c1. The zero-order valence-corrected chi connectivity index (χ0v) is 50.4. The van der Waals surface area contributed by atoms with Gasteiger partial charge in [0.1, 0.15) is 0 Å². The Hall–Kier alpha value is -6.99. The molecule has 0 bridgehead atoms. The van der Waals surface area contributed by atoms with E-state index in [1.807, 2.05) is 22.7 Å². The van der Waals surface area contributed by atoms with Crippen LogP contribution in [0.15, 0.2) is 256 Å². The van der Waals surface area contributed by atoms with Gasteiger partial charge in [0.25, 0.3) is 0 Å². The molecule has 0 amide bonds. The van der Waals surface area contributed by atoms with E-state index in [9.17, 15) is 0 Å². The van der Waals surface area contributed by atoms with Crippen molar-refractivity contribution in [1.82, 2.24) is 0 Å². The van der Waals surface area contributed by atoms with E-state index in [2.05, 4.69) is 262 Å². The molecule has 8 aromatic heterocycles. The number of hydrogen-bond donors (Lipinski definition) is 0. The van der Waals surface area contributed by atoms with Gasteiger partial charge in [0.2, 0.25) is 0 Å². The summed E-state index contributed by atoms with van der Waals surface area (Å²) in [4.78, 5) is 11.7. The number of thioether (sulfide) groups is 1. The van der Waals surface area contributed by atoms with Crippen molar-refractivity contribution in [1.29, 1.82) is 0 Å². The van der Waals surface area contributed by atoms with Crippen LogP contribution >= 0.6 is 102 Å². The highest BCUT2D eigenvalue weighted by Gasteiger charge is 2.42. The van der Waals surface area contributed by atoms with Crippen molar-refractivity contribution in [3.05, 3.63) is 267 Å². The maximum atomic E-state index is 2.44. The lowest BCUT2D eigenvalue weighted by atomic mass is 9.83. The smallest absolute Gasteiger partial charge is 0.0460 e. The van der Waals surface area contributed by atoms with Gasteiger partial charge in [0.05, 0.1) is 0 Å². The van der Waals surface area contributed by atoms with Crippen LogP contribution in [0.2, 0.25) is 0 Å². The Morgan fingerprint density at radius 2 is 0.556 bits per heavy atom. The van der Waals surface area contributed by atoms with Crippen molar-refractivity contribution in [2.45, 2.75) is 16.1 Å². The Morgan fingerprint density at radius 3 is 0.901 bits per heavy atom. The van der Waals surface area contributed by atoms with Crippen molar-refractivity contribution in [3.8, 4) is 106 Å². The van der Waals surface area contributed by atoms with Crippen molar-refractivity contribution in [3.63, 3.8) is 0 Å². The highest BCUT2D eigenvalue weighted by Crippen LogP contribution is 2.66. The molecule has 0 spiro atoms. The van der Waals surface area contributed by atoms with Crippen LogP contribution in [-0.2, 0) is 0 Å². The van der Waals surface area contributed by atoms with Gasteiger partial charge >= 0.3 is 0 Å². The summed E-state index contributed by atoms with van der Waals surface area (Å²) >= 11 is 16.9. The van der Waals surface area contributed by atoms with Crippen LogP contribution in [0.1, 0.15) is 27.9 Å². The summed E-state index contributed by atoms with van der Waals surface area (Å²) in [5.74, 6) is 0.0473. The third-order valence-corrected chi connectivity index (χ3v) is 25.1. The summed E-state index contributed by atoms with van der Waals surface area (Å²) in [5, 5.41) is 15.9. The van der Waals surface area contributed by atoms with Gasteiger partial charge < -0.3 is 0 Å². The predicted octanol–water partition coefficient (Wildman–Crippen LogP) is 25.1. The molecular weight excluding hydrogens is 1150 g/mol. The molecule has 9 heteroatoms. The maximum Gasteiger partial charge on any atom is 0.0460 e. The number of hydrogen-bond acceptors (Lipinski definition) is 9. The third-order valence-electron chi connectivity index (χ3n) is 15.6. The normalized spacial score (nSPS) is 14.1. The Morgan fingerprint density at radius 1 is 0.259 bits per heavy atom. The topological polar surface area (TPSA) is 0 Å². The molecule has 15 aromatic rings. The first-order valence-electron chi connectivity index (χ1n) is 26.8. The van der Waals surface area contributed by atoms with Crippen molar-refractivity contribution in [2.24, 2.45) is 0 Å². The summed E-state index contributed by atoms with van der Waals surface area (Å²) in [6.07, 6.45) is 0. The predicted molar refractivity (Wildman–Crippen MR) is 362 cm³/mol. The number of fused-ring (bicyclic) bond motifs is 6. The van der Waals surface area contributed by atoms with Crippen molar-refractivity contribution >= 4 is 123 Å². The lowest BCUT2D eigenvalue weighted by Crippen LogP contribution is -2.06. The van der Waals surface area contributed by atoms with E-state index in [-0.39, 0.29) is 11.2 Å². The van der Waals surface area contributed by atoms with Gasteiger partial charge in [-0.15, -0.1) is 102 Å². The summed E-state index contributed by atoms with van der Waals surface area (Å²) in [7, 11) is 0. The second-order valence-electron chi connectivity index (χ2n) is 20.2. The molecule has 386 valence electrons. The Labute approximate surface area is 506 Å². The summed E-state index contributed by atoms with van der Waals surface area (Å²) in [6, 6.07) is 83.4. The van der Waals surface area contributed by atoms with Gasteiger partial charge in [0, 0.05) is 86.4 Å². The first kappa shape index (κ1) is 49.8. The monoisotopic (exact) mass is 1200 g/mol. The largest absolute Gasteiger partial charge is 0.144 e. The van der Waals surface area contributed by atoms with E-state index in [1.165, 1.54) is 148 Å². The minimum atomic E-state index is 0.0473. The van der Waals surface area contributed by atoms with Gasteiger partial charge in [-0.1, -0.05) is 182 Å². The maximum absolute atomic E-state index is 2.44. The number of rotatable bonds is 12. The van der Waals surface area contributed by atoms with Gasteiger partial charge in [-0.05, 0) is 141 Å². The van der Waals surface area contributed by atoms with E-state index in [0.717, 1.165) is 0 Å². The quantitative estimate of drug-likeness (QED) is 0.117. The van der Waals surface area contributed by atoms with Crippen LogP contribution in [0.25, 0.3) is 126 Å². The summed E-state index contributed by atoms with van der Waals surface area (Å²) in [6.45, 7) is 0. The van der Waals surface area contributed by atoms with Gasteiger partial charge in [0.15, 0.2) is 0 Å². The molecule has 0 saturated carbocycles. The highest BCUT2D eigenvalue weighted by molar-refractivity contribution is 8.00. The van der Waals surface area contributed by atoms with Gasteiger partial charge in [-0.2, -0.15) is 0 Å². The first-order valence-corrected chi connectivity index (χ1v) is 34.5. The molecule has 9 heterocycles. The highest BCUT2D eigenvalue weighted by atomic mass is 32.2. The summed E-state index contributed by atoms with van der Waals surface area (Å²) in [5.41, 5.74) is 19.2. The van der Waals surface area contributed by atoms with E-state index in [4.69, 9.17) is 0 Å². The van der Waals surface area contributed by atoms with Crippen LogP contribution in [0, 0.1) is 0 Å². The van der Waals surface area contributed by atoms with Crippen LogP contribution in [0.5, 0.6) is 0 Å². The fourth-order valence-corrected chi connectivity index (χ4v) is 20.8. The van der Waals surface area contributed by atoms with E-state index in [1.54, 1.807) is 68.0 Å². The van der Waals surface area contributed by atoms with Gasteiger partial charge in [-0.3, -0.25) is 0 Å². The van der Waals surface area contributed by atoms with E-state index >= 15 is 0 Å². The summed E-state index contributed by atoms with van der Waals surface area (Å²) < 4.78 is 2.73. The number of thiophene rings is 8. The van der Waals surface area contributed by atoms with Crippen molar-refractivity contribution < 1.29 is 0 Å². The van der Waals surface area contributed by atoms with Crippen LogP contribution in [0.4, 0.5) is 0 Å². The van der Waals surface area contributed by atoms with Crippen LogP contribution in [0.3, 0.4) is 0 Å². The molecule has 0 fully saturated rings. The number of benzene rings is 7. The Bertz CT molecular complexity index is 4620. The van der Waals surface area contributed by atoms with E-state index in [0.29, 0.717) is 0 Å². The molecule has 1 aliphatic heterocycles. The zero-order chi connectivity index (χ0) is 53.4. The molecule has 2 atom stereocenters. The van der Waals surface area contributed by atoms with Crippen LogP contribution < -0.4 is 0 Å². The molecule has 0 N–H and O–H groups in total. The molecule has 16 rings (SSSR count). The fourth-order valence-electron chi connectivity index (χ4n) is 11.7. The molecular formula is C72H44S9. The molecule has 1 aliphatic rings. The third kappa shape index (κ3) is 8.93. The van der Waals surface area contributed by atoms with Gasteiger partial charge in [-0.25, -0.2) is 0 Å². The van der Waals surface area contributed by atoms with Crippen LogP contribution in [-0.4, -0.2) is 0 Å². The standard InChI is InChI=1S/C72H44S9/c1-7-55(73-37-1)43-13-25-49(26-14-43)61-64-70(79-67(61)52-31-19-46(20-32-52)58-10-4-40-76-58)65-62(50-27-15-44(16-28-50)56-8-2-38-74-56)69(54-35-23-48(24-36-54)60-12-6-42-78-60)81-72(65)66-63(51-29-17-45(18-30-51)57-9-3-39-75-57)68(80-71(64)66)53-33-21-47(22-34-53)59-11-5-41-77-59/h1-42,61,67H. The zero-order valence-electron chi connectivity index (χ0n) is 43.1. The first-order chi connectivity index (χ1) is 40.1. The average molecular weight is 1200 g/mol. The Kier molecular flexibility index (Phi) is 13.0. The molecule has 2 unspecified atom stereocenters. The molecule has 7 aromatic carbocycles.